The first kappa shape index (κ1) is 12.4. The molecule has 0 spiro atoms. The molecule has 1 saturated carbocycles. The lowest BCUT2D eigenvalue weighted by Crippen LogP contribution is -2.35. The van der Waals surface area contributed by atoms with Crippen molar-refractivity contribution in [3.63, 3.8) is 0 Å². The zero-order chi connectivity index (χ0) is 13.1. The second-order valence-electron chi connectivity index (χ2n) is 5.34. The van der Waals surface area contributed by atoms with E-state index in [4.69, 9.17) is 0 Å². The summed E-state index contributed by atoms with van der Waals surface area (Å²) in [5, 5.41) is 17.8. The predicted molar refractivity (Wildman–Crippen MR) is 72.4 cm³/mol. The molecule has 0 aromatic carbocycles. The van der Waals surface area contributed by atoms with Crippen molar-refractivity contribution in [3.05, 3.63) is 42.5 Å². The number of hydrogen-bond acceptors (Lipinski definition) is 3. The Morgan fingerprint density at radius 1 is 1.47 bits per heavy atom. The molecule has 0 radical (unpaired) electrons. The van der Waals surface area contributed by atoms with Crippen LogP contribution in [0.2, 0.25) is 0 Å². The fourth-order valence-corrected chi connectivity index (χ4v) is 2.88. The van der Waals surface area contributed by atoms with Crippen molar-refractivity contribution in [1.82, 2.24) is 20.1 Å². The average molecular weight is 260 g/mol. The molecule has 5 nitrogen and oxygen atoms in total. The molecule has 3 N–H and O–H groups in total. The second-order valence-corrected chi connectivity index (χ2v) is 5.34. The maximum absolute atomic E-state index is 10.1. The standard InChI is InChI=1S/C14H20N4O/c19-14-7-12(10-18-5-1-3-17-18)6-13(14)16-9-11-2-4-15-8-11/h1-5,8,12-16,19H,6-7,9-10H2/t12?,13-,14-/m1/s1. The van der Waals surface area contributed by atoms with Gasteiger partial charge in [-0.25, -0.2) is 0 Å². The van der Waals surface area contributed by atoms with Gasteiger partial charge in [-0.05, 0) is 36.5 Å². The van der Waals surface area contributed by atoms with Crippen LogP contribution in [0, 0.1) is 5.92 Å². The molecule has 1 fully saturated rings. The number of H-pyrrole nitrogens is 1. The van der Waals surface area contributed by atoms with Crippen LogP contribution in [-0.4, -0.2) is 32.0 Å². The van der Waals surface area contributed by atoms with Gasteiger partial charge in [-0.2, -0.15) is 5.10 Å². The number of aliphatic hydroxyl groups is 1. The third kappa shape index (κ3) is 3.05. The molecule has 1 aliphatic carbocycles. The molecule has 19 heavy (non-hydrogen) atoms. The molecule has 2 aromatic heterocycles. The maximum atomic E-state index is 10.1. The third-order valence-electron chi connectivity index (χ3n) is 3.86. The topological polar surface area (TPSA) is 65.9 Å². The number of aromatic nitrogens is 3. The zero-order valence-corrected chi connectivity index (χ0v) is 10.9. The molecule has 0 saturated heterocycles. The quantitative estimate of drug-likeness (QED) is 0.755. The number of hydrogen-bond donors (Lipinski definition) is 3. The second kappa shape index (κ2) is 5.59. The van der Waals surface area contributed by atoms with E-state index in [1.54, 1.807) is 6.20 Å². The number of nitrogens with zero attached hydrogens (tertiary/aromatic N) is 2. The van der Waals surface area contributed by atoms with Crippen molar-refractivity contribution in [1.29, 1.82) is 0 Å². The Kier molecular flexibility index (Phi) is 3.66. The van der Waals surface area contributed by atoms with Gasteiger partial charge in [0.2, 0.25) is 0 Å². The van der Waals surface area contributed by atoms with Crippen molar-refractivity contribution < 1.29 is 5.11 Å². The fourth-order valence-electron chi connectivity index (χ4n) is 2.88. The van der Waals surface area contributed by atoms with Gasteiger partial charge in [0.15, 0.2) is 0 Å². The number of aromatic amines is 1. The monoisotopic (exact) mass is 260 g/mol. The van der Waals surface area contributed by atoms with Gasteiger partial charge >= 0.3 is 0 Å². The summed E-state index contributed by atoms with van der Waals surface area (Å²) in [5.41, 5.74) is 1.22. The minimum absolute atomic E-state index is 0.190. The molecular weight excluding hydrogens is 240 g/mol. The fraction of sp³-hybridized carbons (Fsp3) is 0.500. The molecule has 3 atom stereocenters. The van der Waals surface area contributed by atoms with Crippen molar-refractivity contribution in [2.75, 3.05) is 0 Å². The molecule has 5 heteroatoms. The first-order valence-electron chi connectivity index (χ1n) is 6.82. The summed E-state index contributed by atoms with van der Waals surface area (Å²) in [6.45, 7) is 1.70. The summed E-state index contributed by atoms with van der Waals surface area (Å²) < 4.78 is 1.95. The molecule has 2 heterocycles. The van der Waals surface area contributed by atoms with Gasteiger partial charge in [0.05, 0.1) is 6.10 Å². The third-order valence-corrected chi connectivity index (χ3v) is 3.86. The number of nitrogens with one attached hydrogen (secondary N) is 2. The number of rotatable bonds is 5. The van der Waals surface area contributed by atoms with E-state index in [1.807, 2.05) is 29.3 Å². The molecule has 0 bridgehead atoms. The molecule has 0 aliphatic heterocycles. The molecule has 102 valence electrons. The summed E-state index contributed by atoms with van der Waals surface area (Å²) in [5.74, 6) is 0.499. The normalized spacial score (nSPS) is 26.9. The summed E-state index contributed by atoms with van der Waals surface area (Å²) in [6, 6.07) is 4.18. The maximum Gasteiger partial charge on any atom is 0.0696 e. The van der Waals surface area contributed by atoms with Crippen LogP contribution in [0.3, 0.4) is 0 Å². The Labute approximate surface area is 112 Å². The van der Waals surface area contributed by atoms with Gasteiger partial charge < -0.3 is 15.4 Å². The smallest absolute Gasteiger partial charge is 0.0696 e. The highest BCUT2D eigenvalue weighted by Crippen LogP contribution is 2.27. The van der Waals surface area contributed by atoms with E-state index in [0.29, 0.717) is 5.92 Å². The highest BCUT2D eigenvalue weighted by atomic mass is 16.3. The molecular formula is C14H20N4O. The minimum atomic E-state index is -0.250. The lowest BCUT2D eigenvalue weighted by atomic mass is 10.1. The van der Waals surface area contributed by atoms with Gasteiger partial charge in [-0.3, -0.25) is 4.68 Å². The van der Waals surface area contributed by atoms with Gasteiger partial charge in [0.25, 0.3) is 0 Å². The van der Waals surface area contributed by atoms with E-state index in [2.05, 4.69) is 21.5 Å². The summed E-state index contributed by atoms with van der Waals surface area (Å²) in [7, 11) is 0. The van der Waals surface area contributed by atoms with E-state index >= 15 is 0 Å². The van der Waals surface area contributed by atoms with E-state index in [0.717, 1.165) is 25.9 Å². The molecule has 1 aliphatic rings. The molecule has 0 amide bonds. The highest BCUT2D eigenvalue weighted by molar-refractivity contribution is 5.08. The van der Waals surface area contributed by atoms with Crippen LogP contribution in [-0.2, 0) is 13.1 Å². The highest BCUT2D eigenvalue weighted by Gasteiger charge is 2.32. The molecule has 3 rings (SSSR count). The van der Waals surface area contributed by atoms with Crippen LogP contribution in [0.1, 0.15) is 18.4 Å². The van der Waals surface area contributed by atoms with Crippen LogP contribution in [0.15, 0.2) is 36.9 Å². The Morgan fingerprint density at radius 3 is 3.16 bits per heavy atom. The first-order valence-corrected chi connectivity index (χ1v) is 6.82. The zero-order valence-electron chi connectivity index (χ0n) is 10.9. The summed E-state index contributed by atoms with van der Waals surface area (Å²) in [6.07, 6.45) is 9.29. The van der Waals surface area contributed by atoms with Crippen molar-refractivity contribution in [2.24, 2.45) is 5.92 Å². The number of aliphatic hydroxyl groups excluding tert-OH is 1. The van der Waals surface area contributed by atoms with Crippen LogP contribution in [0.25, 0.3) is 0 Å². The van der Waals surface area contributed by atoms with E-state index < -0.39 is 0 Å². The van der Waals surface area contributed by atoms with Crippen LogP contribution >= 0.6 is 0 Å². The van der Waals surface area contributed by atoms with Crippen LogP contribution < -0.4 is 5.32 Å². The lowest BCUT2D eigenvalue weighted by molar-refractivity contribution is 0.145. The Hall–Kier alpha value is -1.59. The molecule has 1 unspecified atom stereocenters. The van der Waals surface area contributed by atoms with Gasteiger partial charge in [-0.15, -0.1) is 0 Å². The lowest BCUT2D eigenvalue weighted by Gasteiger charge is -2.15. The van der Waals surface area contributed by atoms with E-state index in [-0.39, 0.29) is 12.1 Å². The van der Waals surface area contributed by atoms with Crippen molar-refractivity contribution in [3.8, 4) is 0 Å². The largest absolute Gasteiger partial charge is 0.391 e. The van der Waals surface area contributed by atoms with Crippen molar-refractivity contribution in [2.45, 2.75) is 38.1 Å². The Morgan fingerprint density at radius 2 is 2.42 bits per heavy atom. The van der Waals surface area contributed by atoms with Crippen LogP contribution in [0.4, 0.5) is 0 Å². The average Bonchev–Trinajstić information content (AvgIpc) is 3.10. The van der Waals surface area contributed by atoms with Gasteiger partial charge in [0.1, 0.15) is 0 Å². The van der Waals surface area contributed by atoms with E-state index in [1.165, 1.54) is 5.56 Å². The first-order chi connectivity index (χ1) is 9.31. The minimum Gasteiger partial charge on any atom is -0.391 e. The predicted octanol–water partition coefficient (Wildman–Crippen LogP) is 1.14. The molecule has 2 aromatic rings. The van der Waals surface area contributed by atoms with Gasteiger partial charge in [-0.1, -0.05) is 0 Å². The van der Waals surface area contributed by atoms with Crippen molar-refractivity contribution >= 4 is 0 Å². The Balaban J connectivity index is 1.50. The van der Waals surface area contributed by atoms with Crippen LogP contribution in [0.5, 0.6) is 0 Å². The summed E-state index contributed by atoms with van der Waals surface area (Å²) >= 11 is 0. The van der Waals surface area contributed by atoms with Gasteiger partial charge in [0, 0.05) is 43.9 Å². The Bertz CT molecular complexity index is 480. The van der Waals surface area contributed by atoms with E-state index in [9.17, 15) is 5.11 Å². The summed E-state index contributed by atoms with van der Waals surface area (Å²) in [4.78, 5) is 3.04. The SMILES string of the molecule is O[C@@H]1CC(Cn2cccn2)C[C@H]1NCc1cc[nH]c1.